The Bertz CT molecular complexity index is 651. The highest BCUT2D eigenvalue weighted by molar-refractivity contribution is 5.85. The van der Waals surface area contributed by atoms with E-state index in [1.54, 1.807) is 0 Å². The maximum absolute atomic E-state index is 10.5. The highest BCUT2D eigenvalue weighted by Gasteiger charge is 2.21. The van der Waals surface area contributed by atoms with Gasteiger partial charge in [-0.1, -0.05) is 18.2 Å². The molecule has 1 atom stereocenters. The van der Waals surface area contributed by atoms with Gasteiger partial charge in [-0.3, -0.25) is 0 Å². The Labute approximate surface area is 133 Å². The van der Waals surface area contributed by atoms with E-state index in [1.165, 1.54) is 41.4 Å². The van der Waals surface area contributed by atoms with Gasteiger partial charge in [-0.25, -0.2) is 0 Å². The second-order valence-corrected chi connectivity index (χ2v) is 7.54. The third-order valence-corrected chi connectivity index (χ3v) is 4.55. The van der Waals surface area contributed by atoms with E-state index in [9.17, 15) is 5.11 Å². The third kappa shape index (κ3) is 3.21. The minimum atomic E-state index is -0.360. The van der Waals surface area contributed by atoms with Crippen LogP contribution in [-0.4, -0.2) is 27.9 Å². The molecule has 120 valence electrons. The lowest BCUT2D eigenvalue weighted by Gasteiger charge is -2.24. The summed E-state index contributed by atoms with van der Waals surface area (Å²) in [5.74, 6) is 0. The summed E-state index contributed by atoms with van der Waals surface area (Å²) in [6, 6.07) is 8.65. The Balaban J connectivity index is 1.87. The van der Waals surface area contributed by atoms with Gasteiger partial charge in [-0.15, -0.1) is 0 Å². The van der Waals surface area contributed by atoms with Crippen molar-refractivity contribution in [1.82, 2.24) is 9.88 Å². The monoisotopic (exact) mass is 300 g/mol. The average molecular weight is 300 g/mol. The number of hydrogen-bond donors (Lipinski definition) is 2. The first-order chi connectivity index (χ1) is 10.5. The summed E-state index contributed by atoms with van der Waals surface area (Å²) < 4.78 is 2.36. The molecule has 0 saturated heterocycles. The minimum absolute atomic E-state index is 0.0408. The van der Waals surface area contributed by atoms with E-state index in [-0.39, 0.29) is 11.6 Å². The predicted octanol–water partition coefficient (Wildman–Crippen LogP) is 3.27. The van der Waals surface area contributed by atoms with E-state index in [2.05, 4.69) is 54.9 Å². The summed E-state index contributed by atoms with van der Waals surface area (Å²) in [4.78, 5) is 0. The standard InChI is InChI=1S/C19H28N2O/c1-19(2,3)20-12-14(22)13-21-17-10-6-4-8-15(17)16-9-5-7-11-18(16)21/h4,6,8,10,14,20,22H,5,7,9,11-13H2,1-3H3. The van der Waals surface area contributed by atoms with Crippen LogP contribution in [0.15, 0.2) is 24.3 Å². The Morgan fingerprint density at radius 3 is 2.68 bits per heavy atom. The van der Waals surface area contributed by atoms with Crippen molar-refractivity contribution < 1.29 is 5.11 Å². The van der Waals surface area contributed by atoms with Crippen LogP contribution in [0, 0.1) is 0 Å². The second-order valence-electron chi connectivity index (χ2n) is 7.54. The maximum Gasteiger partial charge on any atom is 0.0843 e. The molecule has 0 bridgehead atoms. The van der Waals surface area contributed by atoms with Gasteiger partial charge in [-0.05, 0) is 58.1 Å². The fraction of sp³-hybridized carbons (Fsp3) is 0.579. The molecule has 0 fully saturated rings. The number of β-amino-alcohol motifs (C(OH)–C–C–N with tert-alkyl or cyclic N) is 1. The third-order valence-electron chi connectivity index (χ3n) is 4.55. The van der Waals surface area contributed by atoms with E-state index < -0.39 is 0 Å². The van der Waals surface area contributed by atoms with Crippen molar-refractivity contribution >= 4 is 10.9 Å². The molecule has 0 radical (unpaired) electrons. The van der Waals surface area contributed by atoms with Crippen molar-refractivity contribution in [3.63, 3.8) is 0 Å². The Kier molecular flexibility index (Phi) is 4.28. The molecule has 0 amide bonds. The van der Waals surface area contributed by atoms with Gasteiger partial charge in [0.2, 0.25) is 0 Å². The lowest BCUT2D eigenvalue weighted by atomic mass is 9.95. The van der Waals surface area contributed by atoms with Crippen molar-refractivity contribution in [2.45, 2.75) is 64.6 Å². The van der Waals surface area contributed by atoms with Gasteiger partial charge in [0.15, 0.2) is 0 Å². The van der Waals surface area contributed by atoms with Crippen LogP contribution in [0.5, 0.6) is 0 Å². The van der Waals surface area contributed by atoms with Crippen molar-refractivity contribution in [2.75, 3.05) is 6.54 Å². The van der Waals surface area contributed by atoms with Crippen molar-refractivity contribution in [3.8, 4) is 0 Å². The lowest BCUT2D eigenvalue weighted by molar-refractivity contribution is 0.142. The molecule has 0 spiro atoms. The van der Waals surface area contributed by atoms with Crippen molar-refractivity contribution in [2.24, 2.45) is 0 Å². The number of nitrogens with zero attached hydrogens (tertiary/aromatic N) is 1. The van der Waals surface area contributed by atoms with Crippen LogP contribution in [0.3, 0.4) is 0 Å². The molecule has 1 aliphatic carbocycles. The SMILES string of the molecule is CC(C)(C)NCC(O)Cn1c2c(c3ccccc31)CCCC2. The van der Waals surface area contributed by atoms with Crippen LogP contribution in [0.4, 0.5) is 0 Å². The molecule has 3 nitrogen and oxygen atoms in total. The summed E-state index contributed by atoms with van der Waals surface area (Å²) in [6.45, 7) is 7.70. The number of fused-ring (bicyclic) bond motifs is 3. The lowest BCUT2D eigenvalue weighted by Crippen LogP contribution is -2.42. The summed E-state index contributed by atoms with van der Waals surface area (Å²) in [6.07, 6.45) is 4.51. The van der Waals surface area contributed by atoms with Crippen LogP contribution in [0.1, 0.15) is 44.9 Å². The van der Waals surface area contributed by atoms with Crippen LogP contribution in [0.2, 0.25) is 0 Å². The molecule has 1 unspecified atom stereocenters. The zero-order chi connectivity index (χ0) is 15.7. The Hall–Kier alpha value is -1.32. The van der Waals surface area contributed by atoms with Crippen LogP contribution < -0.4 is 5.32 Å². The summed E-state index contributed by atoms with van der Waals surface area (Å²) in [7, 11) is 0. The fourth-order valence-corrected chi connectivity index (χ4v) is 3.49. The van der Waals surface area contributed by atoms with Crippen LogP contribution in [0.25, 0.3) is 10.9 Å². The molecule has 1 aliphatic rings. The molecular weight excluding hydrogens is 272 g/mol. The maximum atomic E-state index is 10.5. The zero-order valence-corrected chi connectivity index (χ0v) is 14.0. The molecule has 3 heteroatoms. The first-order valence-corrected chi connectivity index (χ1v) is 8.48. The summed E-state index contributed by atoms with van der Waals surface area (Å²) >= 11 is 0. The predicted molar refractivity (Wildman–Crippen MR) is 92.3 cm³/mol. The minimum Gasteiger partial charge on any atom is -0.390 e. The molecule has 1 heterocycles. The number of nitrogens with one attached hydrogen (secondary N) is 1. The largest absolute Gasteiger partial charge is 0.390 e. The molecule has 3 rings (SSSR count). The molecule has 1 aromatic carbocycles. The Morgan fingerprint density at radius 1 is 1.18 bits per heavy atom. The molecule has 22 heavy (non-hydrogen) atoms. The van der Waals surface area contributed by atoms with Gasteiger partial charge in [0.25, 0.3) is 0 Å². The number of rotatable bonds is 4. The average Bonchev–Trinajstić information content (AvgIpc) is 2.80. The number of aliphatic hydroxyl groups excluding tert-OH is 1. The fourth-order valence-electron chi connectivity index (χ4n) is 3.49. The highest BCUT2D eigenvalue weighted by atomic mass is 16.3. The van der Waals surface area contributed by atoms with E-state index in [1.807, 2.05) is 0 Å². The normalized spacial score (nSPS) is 16.7. The van der Waals surface area contributed by atoms with Gasteiger partial charge in [0.1, 0.15) is 0 Å². The molecule has 0 aliphatic heterocycles. The number of benzene rings is 1. The van der Waals surface area contributed by atoms with Crippen molar-refractivity contribution in [3.05, 3.63) is 35.5 Å². The zero-order valence-electron chi connectivity index (χ0n) is 14.0. The number of aryl methyl sites for hydroxylation is 1. The first kappa shape index (κ1) is 15.6. The van der Waals surface area contributed by atoms with Crippen LogP contribution in [-0.2, 0) is 19.4 Å². The van der Waals surface area contributed by atoms with Crippen LogP contribution >= 0.6 is 0 Å². The second kappa shape index (κ2) is 6.05. The number of hydrogen-bond acceptors (Lipinski definition) is 2. The number of aliphatic hydroxyl groups is 1. The molecular formula is C19H28N2O. The molecule has 2 N–H and O–H groups in total. The van der Waals surface area contributed by atoms with Gasteiger partial charge >= 0.3 is 0 Å². The topological polar surface area (TPSA) is 37.2 Å². The number of aromatic nitrogens is 1. The van der Waals surface area contributed by atoms with Gasteiger partial charge in [-0.2, -0.15) is 0 Å². The van der Waals surface area contributed by atoms with Gasteiger partial charge in [0, 0.05) is 28.7 Å². The van der Waals surface area contributed by atoms with E-state index in [4.69, 9.17) is 0 Å². The van der Waals surface area contributed by atoms with Crippen molar-refractivity contribution in [1.29, 1.82) is 0 Å². The van der Waals surface area contributed by atoms with Gasteiger partial charge in [0.05, 0.1) is 12.6 Å². The summed E-state index contributed by atoms with van der Waals surface area (Å²) in [5, 5.41) is 15.2. The van der Waals surface area contributed by atoms with E-state index in [0.717, 1.165) is 6.42 Å². The molecule has 0 saturated carbocycles. The quantitative estimate of drug-likeness (QED) is 0.909. The smallest absolute Gasteiger partial charge is 0.0843 e. The van der Waals surface area contributed by atoms with Gasteiger partial charge < -0.3 is 15.0 Å². The molecule has 1 aromatic heterocycles. The van der Waals surface area contributed by atoms with E-state index >= 15 is 0 Å². The molecule has 2 aromatic rings. The summed E-state index contributed by atoms with van der Waals surface area (Å²) in [5.41, 5.74) is 4.28. The first-order valence-electron chi connectivity index (χ1n) is 8.48. The highest BCUT2D eigenvalue weighted by Crippen LogP contribution is 2.32. The number of para-hydroxylation sites is 1. The van der Waals surface area contributed by atoms with E-state index in [0.29, 0.717) is 13.1 Å². The Morgan fingerprint density at radius 2 is 1.91 bits per heavy atom.